The van der Waals surface area contributed by atoms with Gasteiger partial charge >= 0.3 is 5.82 Å². The summed E-state index contributed by atoms with van der Waals surface area (Å²) in [7, 11) is 0. The summed E-state index contributed by atoms with van der Waals surface area (Å²) in [5.74, 6) is -0.185. The monoisotopic (exact) mass is 323 g/mol. The maximum absolute atomic E-state index is 10.9. The van der Waals surface area contributed by atoms with Gasteiger partial charge in [-0.2, -0.15) is 0 Å². The van der Waals surface area contributed by atoms with Gasteiger partial charge < -0.3 is 14.9 Å². The van der Waals surface area contributed by atoms with Gasteiger partial charge in [0.15, 0.2) is 6.20 Å². The number of aromatic nitrogens is 2. The van der Waals surface area contributed by atoms with Crippen molar-refractivity contribution in [2.45, 2.75) is 13.0 Å². The summed E-state index contributed by atoms with van der Waals surface area (Å²) in [4.78, 5) is 18.0. The van der Waals surface area contributed by atoms with Crippen LogP contribution in [0.1, 0.15) is 18.6 Å². The first kappa shape index (κ1) is 13.4. The van der Waals surface area contributed by atoms with Gasteiger partial charge in [-0.05, 0) is 38.8 Å². The molecule has 0 aliphatic rings. The maximum Gasteiger partial charge on any atom is 0.406 e. The molecule has 0 aromatic carbocycles. The Hall–Kier alpha value is -2.02. The van der Waals surface area contributed by atoms with Gasteiger partial charge in [0, 0.05) is 24.0 Å². The van der Waals surface area contributed by atoms with Crippen LogP contribution in [0.2, 0.25) is 0 Å². The Bertz CT molecular complexity index is 592. The highest BCUT2D eigenvalue weighted by molar-refractivity contribution is 9.10. The molecule has 0 bridgehead atoms. The van der Waals surface area contributed by atoms with E-state index in [1.807, 2.05) is 6.07 Å². The van der Waals surface area contributed by atoms with Crippen molar-refractivity contribution < 1.29 is 9.66 Å². The third kappa shape index (κ3) is 3.25. The normalized spacial score (nSPS) is 11.9. The van der Waals surface area contributed by atoms with Gasteiger partial charge in [0.05, 0.1) is 4.47 Å². The second kappa shape index (κ2) is 5.75. The van der Waals surface area contributed by atoms with Gasteiger partial charge in [-0.25, -0.2) is 0 Å². The number of halogens is 1. The number of hydrogen-bond acceptors (Lipinski definition) is 5. The SMILES string of the molecule is C[C@@H](Oc1cc(Br)cnc1[N+](=O)[O-])c1cccnc1. The fraction of sp³-hybridized carbons (Fsp3) is 0.167. The van der Waals surface area contributed by atoms with Crippen LogP contribution in [0.25, 0.3) is 0 Å². The Labute approximate surface area is 117 Å². The van der Waals surface area contributed by atoms with Gasteiger partial charge in [-0.3, -0.25) is 4.98 Å². The highest BCUT2D eigenvalue weighted by atomic mass is 79.9. The molecule has 2 heterocycles. The molecular weight excluding hydrogens is 314 g/mol. The summed E-state index contributed by atoms with van der Waals surface area (Å²) in [6, 6.07) is 5.15. The molecule has 2 rings (SSSR count). The molecule has 2 aromatic rings. The Morgan fingerprint density at radius 1 is 1.47 bits per heavy atom. The second-order valence-corrected chi connectivity index (χ2v) is 4.69. The van der Waals surface area contributed by atoms with Crippen LogP contribution in [0.5, 0.6) is 5.75 Å². The van der Waals surface area contributed by atoms with Crippen LogP contribution in [0.15, 0.2) is 41.3 Å². The Kier molecular flexibility index (Phi) is 4.06. The molecule has 0 saturated heterocycles. The van der Waals surface area contributed by atoms with Crippen molar-refractivity contribution in [1.29, 1.82) is 0 Å². The lowest BCUT2D eigenvalue weighted by Crippen LogP contribution is -2.06. The van der Waals surface area contributed by atoms with Crippen LogP contribution in [0, 0.1) is 10.1 Å². The average Bonchev–Trinajstić information content (AvgIpc) is 2.39. The smallest absolute Gasteiger partial charge is 0.406 e. The zero-order chi connectivity index (χ0) is 13.8. The zero-order valence-corrected chi connectivity index (χ0v) is 11.6. The molecule has 7 heteroatoms. The zero-order valence-electron chi connectivity index (χ0n) is 9.99. The minimum Gasteiger partial charge on any atom is -0.478 e. The van der Waals surface area contributed by atoms with E-state index in [1.54, 1.807) is 25.4 Å². The molecule has 6 nitrogen and oxygen atoms in total. The number of pyridine rings is 2. The lowest BCUT2D eigenvalue weighted by atomic mass is 10.2. The standard InChI is InChI=1S/C12H10BrN3O3/c1-8(9-3-2-4-14-6-9)19-11-5-10(13)7-15-12(11)16(17)18/h2-8H,1H3/t8-/m1/s1. The predicted octanol–water partition coefficient (Wildman–Crippen LogP) is 3.29. The molecule has 0 fully saturated rings. The van der Waals surface area contributed by atoms with Crippen LogP contribution in [0.4, 0.5) is 5.82 Å². The highest BCUT2D eigenvalue weighted by Gasteiger charge is 2.20. The van der Waals surface area contributed by atoms with Crippen molar-refractivity contribution in [3.63, 3.8) is 0 Å². The predicted molar refractivity (Wildman–Crippen MR) is 71.9 cm³/mol. The van der Waals surface area contributed by atoms with Crippen molar-refractivity contribution in [3.8, 4) is 5.75 Å². The molecule has 0 N–H and O–H groups in total. The topological polar surface area (TPSA) is 78.2 Å². The van der Waals surface area contributed by atoms with Crippen LogP contribution >= 0.6 is 15.9 Å². The minimum atomic E-state index is -0.572. The number of hydrogen-bond donors (Lipinski definition) is 0. The van der Waals surface area contributed by atoms with Crippen LogP contribution in [0.3, 0.4) is 0 Å². The van der Waals surface area contributed by atoms with E-state index in [4.69, 9.17) is 4.74 Å². The molecule has 0 aliphatic carbocycles. The number of ether oxygens (including phenoxy) is 1. The van der Waals surface area contributed by atoms with E-state index in [9.17, 15) is 10.1 Å². The molecule has 0 aliphatic heterocycles. The average molecular weight is 324 g/mol. The van der Waals surface area contributed by atoms with E-state index in [1.165, 1.54) is 12.3 Å². The van der Waals surface area contributed by atoms with Crippen LogP contribution in [-0.2, 0) is 0 Å². The van der Waals surface area contributed by atoms with Crippen molar-refractivity contribution in [2.75, 3.05) is 0 Å². The quantitative estimate of drug-likeness (QED) is 0.637. The molecule has 0 saturated carbocycles. The van der Waals surface area contributed by atoms with Crippen molar-refractivity contribution in [1.82, 2.24) is 9.97 Å². The van der Waals surface area contributed by atoms with E-state index in [-0.39, 0.29) is 17.7 Å². The Morgan fingerprint density at radius 2 is 2.26 bits per heavy atom. The Morgan fingerprint density at radius 3 is 2.89 bits per heavy atom. The van der Waals surface area contributed by atoms with Crippen molar-refractivity contribution >= 4 is 21.7 Å². The minimum absolute atomic E-state index is 0.121. The summed E-state index contributed by atoms with van der Waals surface area (Å²) >= 11 is 3.21. The molecular formula is C12H10BrN3O3. The lowest BCUT2D eigenvalue weighted by molar-refractivity contribution is -0.390. The lowest BCUT2D eigenvalue weighted by Gasteiger charge is -2.14. The first-order valence-corrected chi connectivity index (χ1v) is 6.23. The maximum atomic E-state index is 10.9. The van der Waals surface area contributed by atoms with E-state index in [0.717, 1.165) is 5.56 Å². The first-order chi connectivity index (χ1) is 9.08. The molecule has 0 radical (unpaired) electrons. The number of nitrogens with zero attached hydrogens (tertiary/aromatic N) is 3. The van der Waals surface area contributed by atoms with E-state index in [2.05, 4.69) is 25.9 Å². The molecule has 0 spiro atoms. The van der Waals surface area contributed by atoms with Gasteiger partial charge in [0.2, 0.25) is 5.75 Å². The van der Waals surface area contributed by atoms with Crippen LogP contribution in [-0.4, -0.2) is 14.9 Å². The third-order valence-corrected chi connectivity index (χ3v) is 2.86. The van der Waals surface area contributed by atoms with Gasteiger partial charge in [-0.15, -0.1) is 0 Å². The van der Waals surface area contributed by atoms with Crippen molar-refractivity contribution in [3.05, 3.63) is 56.9 Å². The van der Waals surface area contributed by atoms with E-state index >= 15 is 0 Å². The van der Waals surface area contributed by atoms with Gasteiger partial charge in [-0.1, -0.05) is 6.07 Å². The molecule has 0 unspecified atom stereocenters. The van der Waals surface area contributed by atoms with Crippen molar-refractivity contribution in [2.24, 2.45) is 0 Å². The summed E-state index contributed by atoms with van der Waals surface area (Å²) < 4.78 is 6.22. The van der Waals surface area contributed by atoms with E-state index in [0.29, 0.717) is 4.47 Å². The highest BCUT2D eigenvalue weighted by Crippen LogP contribution is 2.31. The van der Waals surface area contributed by atoms with Crippen LogP contribution < -0.4 is 4.74 Å². The summed E-state index contributed by atoms with van der Waals surface area (Å²) in [5.41, 5.74) is 0.830. The Balaban J connectivity index is 2.28. The molecule has 2 aromatic heterocycles. The third-order valence-electron chi connectivity index (χ3n) is 2.43. The van der Waals surface area contributed by atoms with E-state index < -0.39 is 4.92 Å². The number of nitro groups is 1. The fourth-order valence-electron chi connectivity index (χ4n) is 1.51. The summed E-state index contributed by atoms with van der Waals surface area (Å²) in [6.45, 7) is 1.79. The molecule has 0 amide bonds. The van der Waals surface area contributed by atoms with Gasteiger partial charge in [0.25, 0.3) is 0 Å². The molecule has 1 atom stereocenters. The first-order valence-electron chi connectivity index (χ1n) is 5.44. The molecule has 98 valence electrons. The number of rotatable bonds is 4. The summed E-state index contributed by atoms with van der Waals surface area (Å²) in [5, 5.41) is 10.9. The fourth-order valence-corrected chi connectivity index (χ4v) is 1.82. The van der Waals surface area contributed by atoms with Gasteiger partial charge in [0.1, 0.15) is 6.10 Å². The summed E-state index contributed by atoms with van der Waals surface area (Å²) in [6.07, 6.45) is 4.31. The largest absolute Gasteiger partial charge is 0.478 e. The molecule has 19 heavy (non-hydrogen) atoms. The second-order valence-electron chi connectivity index (χ2n) is 3.78.